The highest BCUT2D eigenvalue weighted by Crippen LogP contribution is 2.13. The lowest BCUT2D eigenvalue weighted by atomic mass is 10.3. The van der Waals surface area contributed by atoms with Gasteiger partial charge in [0.1, 0.15) is 0 Å². The van der Waals surface area contributed by atoms with E-state index >= 15 is 0 Å². The van der Waals surface area contributed by atoms with Crippen molar-refractivity contribution in [3.8, 4) is 0 Å². The van der Waals surface area contributed by atoms with Gasteiger partial charge in [-0.15, -0.1) is 0 Å². The lowest BCUT2D eigenvalue weighted by molar-refractivity contribution is 1.16. The first-order valence-electron chi connectivity index (χ1n) is 4.35. The van der Waals surface area contributed by atoms with Crippen LogP contribution < -0.4 is 5.32 Å². The molecule has 0 amide bonds. The maximum Gasteiger partial charge on any atom is 0.0409 e. The maximum atomic E-state index is 3.38. The molecule has 1 aromatic heterocycles. The monoisotopic (exact) mass is 315 g/mol. The van der Waals surface area contributed by atoms with Gasteiger partial charge in [-0.1, -0.05) is 0 Å². The van der Waals surface area contributed by atoms with Crippen molar-refractivity contribution in [1.29, 1.82) is 0 Å². The van der Waals surface area contributed by atoms with Gasteiger partial charge in [0.15, 0.2) is 0 Å². The second-order valence-corrected chi connectivity index (χ2v) is 5.02. The lowest BCUT2D eigenvalue weighted by Gasteiger charge is -2.04. The lowest BCUT2D eigenvalue weighted by Crippen LogP contribution is -1.97. The van der Waals surface area contributed by atoms with E-state index in [9.17, 15) is 0 Å². The van der Waals surface area contributed by atoms with Crippen molar-refractivity contribution in [2.45, 2.75) is 6.54 Å². The SMILES string of the molecule is Ic1ccc(NCc2ccsc2)cc1. The molecule has 1 nitrogen and oxygen atoms in total. The van der Waals surface area contributed by atoms with E-state index in [1.165, 1.54) is 14.8 Å². The van der Waals surface area contributed by atoms with Gasteiger partial charge in [-0.2, -0.15) is 11.3 Å². The third kappa shape index (κ3) is 2.72. The van der Waals surface area contributed by atoms with Gasteiger partial charge in [0.05, 0.1) is 0 Å². The molecule has 3 heteroatoms. The number of rotatable bonds is 3. The van der Waals surface area contributed by atoms with Crippen molar-refractivity contribution in [3.63, 3.8) is 0 Å². The van der Waals surface area contributed by atoms with Gasteiger partial charge in [0, 0.05) is 15.8 Å². The van der Waals surface area contributed by atoms with Crippen LogP contribution in [0.2, 0.25) is 0 Å². The van der Waals surface area contributed by atoms with Crippen molar-refractivity contribution in [1.82, 2.24) is 0 Å². The zero-order chi connectivity index (χ0) is 9.80. The summed E-state index contributed by atoms with van der Waals surface area (Å²) in [7, 11) is 0. The molecule has 0 radical (unpaired) electrons. The fourth-order valence-corrected chi connectivity index (χ4v) is 2.19. The molecule has 0 unspecified atom stereocenters. The van der Waals surface area contributed by atoms with Crippen molar-refractivity contribution in [3.05, 3.63) is 50.2 Å². The summed E-state index contributed by atoms with van der Waals surface area (Å²) >= 11 is 4.05. The number of halogens is 1. The molecular formula is C11H10INS. The Hall–Kier alpha value is -0.550. The highest BCUT2D eigenvalue weighted by Gasteiger charge is 1.93. The molecule has 2 aromatic rings. The van der Waals surface area contributed by atoms with Crippen LogP contribution in [0.4, 0.5) is 5.69 Å². The second-order valence-electron chi connectivity index (χ2n) is 2.99. The zero-order valence-corrected chi connectivity index (χ0v) is 10.5. The van der Waals surface area contributed by atoms with E-state index in [1.807, 2.05) is 0 Å². The predicted octanol–water partition coefficient (Wildman–Crippen LogP) is 3.96. The summed E-state index contributed by atoms with van der Waals surface area (Å²) in [6.07, 6.45) is 0. The van der Waals surface area contributed by atoms with E-state index < -0.39 is 0 Å². The fraction of sp³-hybridized carbons (Fsp3) is 0.0909. The second kappa shape index (κ2) is 4.79. The Kier molecular flexibility index (Phi) is 3.42. The average molecular weight is 315 g/mol. The van der Waals surface area contributed by atoms with Crippen molar-refractivity contribution in [2.75, 3.05) is 5.32 Å². The van der Waals surface area contributed by atoms with Gasteiger partial charge in [0.2, 0.25) is 0 Å². The van der Waals surface area contributed by atoms with Gasteiger partial charge in [0.25, 0.3) is 0 Å². The minimum Gasteiger partial charge on any atom is -0.381 e. The largest absolute Gasteiger partial charge is 0.381 e. The number of benzene rings is 1. The van der Waals surface area contributed by atoms with E-state index in [4.69, 9.17) is 0 Å². The van der Waals surface area contributed by atoms with E-state index in [-0.39, 0.29) is 0 Å². The quantitative estimate of drug-likeness (QED) is 0.845. The average Bonchev–Trinajstić information content (AvgIpc) is 2.70. The molecule has 1 aromatic carbocycles. The van der Waals surface area contributed by atoms with Gasteiger partial charge in [-0.05, 0) is 69.2 Å². The van der Waals surface area contributed by atoms with Crippen LogP contribution in [0.3, 0.4) is 0 Å². The maximum absolute atomic E-state index is 3.38. The summed E-state index contributed by atoms with van der Waals surface area (Å²) < 4.78 is 1.27. The summed E-state index contributed by atoms with van der Waals surface area (Å²) in [5.74, 6) is 0. The normalized spacial score (nSPS) is 10.1. The van der Waals surface area contributed by atoms with Crippen molar-refractivity contribution >= 4 is 39.6 Å². The molecule has 0 saturated carbocycles. The Labute approximate surface area is 101 Å². The highest BCUT2D eigenvalue weighted by atomic mass is 127. The Balaban J connectivity index is 1.95. The van der Waals surface area contributed by atoms with Gasteiger partial charge < -0.3 is 5.32 Å². The summed E-state index contributed by atoms with van der Waals surface area (Å²) in [5, 5.41) is 7.65. The molecule has 0 aliphatic carbocycles. The summed E-state index contributed by atoms with van der Waals surface area (Å²) in [5.41, 5.74) is 2.52. The molecule has 0 bridgehead atoms. The number of thiophene rings is 1. The Morgan fingerprint density at radius 2 is 1.93 bits per heavy atom. The molecular weight excluding hydrogens is 305 g/mol. The van der Waals surface area contributed by atoms with Crippen LogP contribution in [0.15, 0.2) is 41.1 Å². The van der Waals surface area contributed by atoms with Gasteiger partial charge in [-0.3, -0.25) is 0 Å². The zero-order valence-electron chi connectivity index (χ0n) is 7.53. The first kappa shape index (κ1) is 9.98. The molecule has 0 saturated heterocycles. The van der Waals surface area contributed by atoms with Crippen LogP contribution in [-0.4, -0.2) is 0 Å². The standard InChI is InChI=1S/C11H10INS/c12-10-1-3-11(4-2-10)13-7-9-5-6-14-8-9/h1-6,8,13H,7H2. The Morgan fingerprint density at radius 3 is 2.57 bits per heavy atom. The van der Waals surface area contributed by atoms with E-state index in [2.05, 4.69) is 69.0 Å². The molecule has 0 aliphatic rings. The molecule has 0 aliphatic heterocycles. The molecule has 2 rings (SSSR count). The summed E-state index contributed by atoms with van der Waals surface area (Å²) in [4.78, 5) is 0. The van der Waals surface area contributed by atoms with Crippen LogP contribution in [0.1, 0.15) is 5.56 Å². The van der Waals surface area contributed by atoms with E-state index in [0.717, 1.165) is 6.54 Å². The highest BCUT2D eigenvalue weighted by molar-refractivity contribution is 14.1. The molecule has 1 heterocycles. The number of hydrogen-bond acceptors (Lipinski definition) is 2. The minimum absolute atomic E-state index is 0.907. The Morgan fingerprint density at radius 1 is 1.14 bits per heavy atom. The number of hydrogen-bond donors (Lipinski definition) is 1. The molecule has 0 spiro atoms. The van der Waals surface area contributed by atoms with E-state index in [1.54, 1.807) is 11.3 Å². The van der Waals surface area contributed by atoms with Crippen LogP contribution in [0.25, 0.3) is 0 Å². The molecule has 72 valence electrons. The predicted molar refractivity (Wildman–Crippen MR) is 70.8 cm³/mol. The molecule has 0 fully saturated rings. The molecule has 0 atom stereocenters. The van der Waals surface area contributed by atoms with Crippen molar-refractivity contribution in [2.24, 2.45) is 0 Å². The third-order valence-corrected chi connectivity index (χ3v) is 3.37. The third-order valence-electron chi connectivity index (χ3n) is 1.92. The molecule has 1 N–H and O–H groups in total. The smallest absolute Gasteiger partial charge is 0.0409 e. The van der Waals surface area contributed by atoms with Crippen LogP contribution in [0.5, 0.6) is 0 Å². The van der Waals surface area contributed by atoms with Crippen LogP contribution >= 0.6 is 33.9 Å². The van der Waals surface area contributed by atoms with Gasteiger partial charge in [-0.25, -0.2) is 0 Å². The first-order chi connectivity index (χ1) is 6.84. The number of anilines is 1. The number of nitrogens with one attached hydrogen (secondary N) is 1. The topological polar surface area (TPSA) is 12.0 Å². The minimum atomic E-state index is 0.907. The first-order valence-corrected chi connectivity index (χ1v) is 6.37. The van der Waals surface area contributed by atoms with Gasteiger partial charge >= 0.3 is 0 Å². The summed E-state index contributed by atoms with van der Waals surface area (Å²) in [6, 6.07) is 10.6. The van der Waals surface area contributed by atoms with E-state index in [0.29, 0.717) is 0 Å². The summed E-state index contributed by atoms with van der Waals surface area (Å²) in [6.45, 7) is 0.907. The fourth-order valence-electron chi connectivity index (χ4n) is 1.17. The molecule has 14 heavy (non-hydrogen) atoms. The van der Waals surface area contributed by atoms with Crippen LogP contribution in [-0.2, 0) is 6.54 Å². The van der Waals surface area contributed by atoms with Crippen molar-refractivity contribution < 1.29 is 0 Å². The van der Waals surface area contributed by atoms with Crippen LogP contribution in [0, 0.1) is 3.57 Å². The Bertz CT molecular complexity index is 380.